The van der Waals surface area contributed by atoms with E-state index in [2.05, 4.69) is 63.5 Å². The molecule has 40 heteroatoms. The molecule has 13 amide bonds. The normalized spacial score (nSPS) is 22.3. The highest BCUT2D eigenvalue weighted by Crippen LogP contribution is 2.25. The molecule has 0 spiro atoms. The Balaban J connectivity index is 1.28. The van der Waals surface area contributed by atoms with E-state index in [0.717, 1.165) is 35.3 Å². The van der Waals surface area contributed by atoms with E-state index in [1.54, 1.807) is 82.4 Å². The van der Waals surface area contributed by atoms with Crippen molar-refractivity contribution >= 4 is 139 Å². The van der Waals surface area contributed by atoms with Crippen LogP contribution in [-0.4, -0.2) is 236 Å². The summed E-state index contributed by atoms with van der Waals surface area (Å²) in [5.41, 5.74) is 9.07. The second-order valence-corrected chi connectivity index (χ2v) is 33.5. The molecule has 0 radical (unpaired) electrons. The number of rotatable bonds is 25. The molecular formula is C78H103N15O22S3. The van der Waals surface area contributed by atoms with Crippen molar-refractivity contribution in [1.29, 1.82) is 0 Å². The second kappa shape index (κ2) is 44.9. The van der Waals surface area contributed by atoms with Crippen molar-refractivity contribution in [2.24, 2.45) is 22.7 Å². The molecule has 1 fully saturated rings. The second-order valence-electron chi connectivity index (χ2n) is 29.7. The van der Waals surface area contributed by atoms with E-state index in [4.69, 9.17) is 10.9 Å². The van der Waals surface area contributed by atoms with Crippen LogP contribution in [0.15, 0.2) is 103 Å². The molecule has 0 unspecified atom stereocenters. The first-order valence-corrected chi connectivity index (χ1v) is 42.2. The Hall–Kier alpha value is -11.2. The van der Waals surface area contributed by atoms with Crippen LogP contribution >= 0.6 is 23.5 Å². The van der Waals surface area contributed by atoms with E-state index >= 15 is 14.4 Å². The molecule has 7 rings (SSSR count). The number of primary sulfonamides is 1. The first-order valence-electron chi connectivity index (χ1n) is 38.1. The summed E-state index contributed by atoms with van der Waals surface area (Å²) >= 11 is 2.28. The Kier molecular flexibility index (Phi) is 35.8. The van der Waals surface area contributed by atoms with E-state index in [1.165, 1.54) is 48.5 Å². The first kappa shape index (κ1) is 94.0. The number of carboxylic acid groups (broad SMARTS) is 2. The summed E-state index contributed by atoms with van der Waals surface area (Å²) in [4.78, 5) is 216. The van der Waals surface area contributed by atoms with Gasteiger partial charge in [0.25, 0.3) is 0 Å². The van der Waals surface area contributed by atoms with Gasteiger partial charge in [0.15, 0.2) is 0 Å². The lowest BCUT2D eigenvalue weighted by Gasteiger charge is -2.31. The van der Waals surface area contributed by atoms with Gasteiger partial charge < -0.3 is 99.6 Å². The zero-order valence-corrected chi connectivity index (χ0v) is 68.1. The molecule has 2 aliphatic heterocycles. The van der Waals surface area contributed by atoms with Gasteiger partial charge in [0.05, 0.1) is 24.9 Å². The van der Waals surface area contributed by atoms with Crippen LogP contribution in [0.1, 0.15) is 114 Å². The summed E-state index contributed by atoms with van der Waals surface area (Å²) in [5, 5.41) is 85.9. The molecule has 12 atom stereocenters. The van der Waals surface area contributed by atoms with Gasteiger partial charge in [0, 0.05) is 90.9 Å². The summed E-state index contributed by atoms with van der Waals surface area (Å²) < 4.78 is 23.2. The minimum absolute atomic E-state index is 0.00651. The molecular weight excluding hydrogens is 1600 g/mol. The number of aromatic hydroxyl groups is 1. The quantitative estimate of drug-likeness (QED) is 0.0327. The van der Waals surface area contributed by atoms with Crippen molar-refractivity contribution in [3.05, 3.63) is 131 Å². The molecule has 118 heavy (non-hydrogen) atoms. The maximum absolute atomic E-state index is 15.1. The number of amides is 13. The van der Waals surface area contributed by atoms with Gasteiger partial charge in [-0.25, -0.2) is 13.6 Å². The molecule has 5 aromatic rings. The molecule has 2 aliphatic rings. The number of para-hydroxylation sites is 1. The van der Waals surface area contributed by atoms with Crippen LogP contribution in [0.25, 0.3) is 10.9 Å². The smallest absolute Gasteiger partial charge is 0.305 e. The van der Waals surface area contributed by atoms with Crippen molar-refractivity contribution < 1.29 is 106 Å². The molecule has 37 nitrogen and oxygen atoms in total. The predicted molar refractivity (Wildman–Crippen MR) is 434 cm³/mol. The number of phenolic OH excluding ortho intramolecular Hbond substituents is 1. The summed E-state index contributed by atoms with van der Waals surface area (Å²) in [6, 6.07) is 6.56. The number of sulfonamides is 1. The summed E-state index contributed by atoms with van der Waals surface area (Å²) in [5.74, 6) is -17.7. The summed E-state index contributed by atoms with van der Waals surface area (Å²) in [6.07, 6.45) is -4.50. The number of primary amides is 1. The number of aliphatic carboxylic acids is 2. The molecule has 4 aromatic carbocycles. The van der Waals surface area contributed by atoms with Crippen molar-refractivity contribution in [2.45, 2.75) is 189 Å². The predicted octanol–water partition coefficient (Wildman–Crippen LogP) is -1.17. The van der Waals surface area contributed by atoms with Crippen molar-refractivity contribution in [2.75, 3.05) is 35.7 Å². The fraction of sp³-hybridized carbons (Fsp3) is 0.474. The number of phenols is 1. The number of H-pyrrole nitrogens is 1. The number of aromatic nitrogens is 1. The SMILES string of the molecule is CC(C)CC(=O)N[C@@H](Cc1ccc(O)cc1)C(=O)N[C@H]1CSCc2cccc(c2)CSC[C@@H](C(N)=O)NC(=O)[C@H](CO)NC(=O)[C@H](Cc2c[nH]c3ccccc23)NC(=O)[C@H]([C@@H](C)O)NC(=O)[C@H](CC(C)C)NC(=O)[C@H](Cc2ccc(NC(=O)CCS(N)(=O)=O)cc2)NC(=O)[C@H](CC(=O)O)NC(=O)[C@H]2CCCN2C(=O)[C@H](CCC(=O)O)NC1=O. The van der Waals surface area contributed by atoms with Crippen LogP contribution in [0.4, 0.5) is 5.69 Å². The monoisotopic (exact) mass is 1700 g/mol. The van der Waals surface area contributed by atoms with E-state index in [9.17, 15) is 91.5 Å². The van der Waals surface area contributed by atoms with Gasteiger partial charge in [-0.2, -0.15) is 23.5 Å². The van der Waals surface area contributed by atoms with Crippen molar-refractivity contribution in [1.82, 2.24) is 63.1 Å². The lowest BCUT2D eigenvalue weighted by Crippen LogP contribution is -2.62. The number of nitrogens with one attached hydrogen (secondary N) is 12. The summed E-state index contributed by atoms with van der Waals surface area (Å²) in [7, 11) is -4.04. The van der Waals surface area contributed by atoms with Crippen LogP contribution < -0.4 is 69.4 Å². The molecule has 21 N–H and O–H groups in total. The number of aromatic amines is 1. The highest BCUT2D eigenvalue weighted by molar-refractivity contribution is 7.98. The number of benzene rings is 4. The van der Waals surface area contributed by atoms with Gasteiger partial charge in [-0.3, -0.25) is 71.9 Å². The van der Waals surface area contributed by atoms with E-state index in [-0.39, 0.29) is 91.0 Å². The maximum atomic E-state index is 15.1. The fourth-order valence-corrected chi connectivity index (χ4v) is 15.5. The number of nitrogens with two attached hydrogens (primary N) is 2. The third-order valence-electron chi connectivity index (χ3n) is 19.0. The van der Waals surface area contributed by atoms with Gasteiger partial charge in [-0.15, -0.1) is 0 Å². The minimum Gasteiger partial charge on any atom is -0.508 e. The Morgan fingerprint density at radius 1 is 0.619 bits per heavy atom. The first-order chi connectivity index (χ1) is 55.8. The minimum atomic E-state index is -4.04. The summed E-state index contributed by atoms with van der Waals surface area (Å²) in [6.45, 7) is 6.73. The van der Waals surface area contributed by atoms with Gasteiger partial charge in [0.1, 0.15) is 72.2 Å². The average molecular weight is 1700 g/mol. The number of nitrogens with zero attached hydrogens (tertiary/aromatic N) is 1. The highest BCUT2D eigenvalue weighted by atomic mass is 32.2. The number of thioether (sulfide) groups is 2. The molecule has 1 saturated heterocycles. The number of aliphatic hydroxyl groups is 2. The zero-order valence-electron chi connectivity index (χ0n) is 65.6. The molecule has 3 heterocycles. The number of anilines is 1. The molecule has 0 saturated carbocycles. The number of fused-ring (bicyclic) bond motifs is 4. The van der Waals surface area contributed by atoms with E-state index < -0.39 is 222 Å². The standard InChI is InChI=1S/C78H103N15O22S3/c1-41(2)28-54-73(108)92-67(43(5)95)77(112)88-57(33-48-35-81-52-13-7-6-12-51(48)52)71(106)89-59(36-94)74(109)90-60(68(79)103)39-116-37-46-10-8-11-47(30-46)38-117-40-61(91-69(104)55(83-64(98)29-42(3)4)31-45-17-21-50(96)22-18-45)75(110)84-53(23-24-65(99)100)78(113)93-26-9-14-62(93)76(111)87-58(34-66(101)102)72(107)86-56(70(105)85-54)32-44-15-19-49(20-16-44)82-63(97)25-27-118(80,114)115/h6-8,10-13,15-22,30,35,41-43,53-62,67,81,94-96H,9,14,23-29,31-34,36-40H2,1-5H3,(H2,79,103)(H,82,97)(H,83,98)(H,84,110)(H,85,105)(H,86,107)(H,87,111)(H,88,112)(H,89,106)(H,90,109)(H,91,104)(H,92,108)(H,99,100)(H,101,102)(H2,80,114,115)/t43-,53+,54+,55+,56+,57+,58+,59+,60+,61+,62-,67+/m1/s1. The largest absolute Gasteiger partial charge is 0.508 e. The molecule has 0 aliphatic carbocycles. The van der Waals surface area contributed by atoms with E-state index in [1.807, 2.05) is 0 Å². The van der Waals surface area contributed by atoms with Gasteiger partial charge >= 0.3 is 11.9 Å². The zero-order chi connectivity index (χ0) is 86.7. The van der Waals surface area contributed by atoms with Crippen LogP contribution in [0.2, 0.25) is 0 Å². The number of carboxylic acids is 2. The van der Waals surface area contributed by atoms with Crippen LogP contribution in [-0.2, 0) is 113 Å². The highest BCUT2D eigenvalue weighted by Gasteiger charge is 2.42. The average Bonchev–Trinajstić information content (AvgIpc) is 1.68. The van der Waals surface area contributed by atoms with Gasteiger partial charge in [0.2, 0.25) is 86.8 Å². The Labute approximate surface area is 688 Å². The molecule has 1 aromatic heterocycles. The Morgan fingerprint density at radius 3 is 1.82 bits per heavy atom. The Bertz CT molecular complexity index is 4550. The Morgan fingerprint density at radius 2 is 1.20 bits per heavy atom. The van der Waals surface area contributed by atoms with Crippen LogP contribution in [0.5, 0.6) is 5.75 Å². The lowest BCUT2D eigenvalue weighted by atomic mass is 9.99. The topological polar surface area (TPSA) is 595 Å². The lowest BCUT2D eigenvalue weighted by molar-refractivity contribution is -0.145. The number of aliphatic hydroxyl groups excluding tert-OH is 2. The molecule has 640 valence electrons. The third kappa shape index (κ3) is 30.1. The maximum Gasteiger partial charge on any atom is 0.305 e. The number of carbonyl (C=O) groups is 15. The van der Waals surface area contributed by atoms with Crippen molar-refractivity contribution in [3.8, 4) is 5.75 Å². The van der Waals surface area contributed by atoms with Gasteiger partial charge in [-0.1, -0.05) is 94.4 Å². The number of hydrogen-bond acceptors (Lipinski definition) is 22. The van der Waals surface area contributed by atoms with E-state index in [0.29, 0.717) is 33.2 Å². The third-order valence-corrected chi connectivity index (χ3v) is 22.0. The van der Waals surface area contributed by atoms with Gasteiger partial charge in [-0.05, 0) is 103 Å². The number of hydrogen-bond donors (Lipinski definition) is 19. The van der Waals surface area contributed by atoms with Crippen LogP contribution in [0, 0.1) is 11.8 Å². The fourth-order valence-electron chi connectivity index (χ4n) is 13.0. The molecule has 2 bridgehead atoms. The van der Waals surface area contributed by atoms with Crippen molar-refractivity contribution in [3.63, 3.8) is 0 Å². The number of carbonyl (C=O) groups excluding carboxylic acids is 13. The van der Waals surface area contributed by atoms with Crippen LogP contribution in [0.3, 0.4) is 0 Å².